The molecule has 2 aromatic carbocycles. The second kappa shape index (κ2) is 8.06. The number of ether oxygens (including phenoxy) is 3. The molecule has 1 aromatic heterocycles. The summed E-state index contributed by atoms with van der Waals surface area (Å²) in [5.41, 5.74) is 3.00. The molecule has 0 saturated carbocycles. The van der Waals surface area contributed by atoms with Crippen LogP contribution in [0.5, 0.6) is 11.5 Å². The number of hydrogen-bond acceptors (Lipinski definition) is 7. The Labute approximate surface area is 179 Å². The number of methoxy groups -OCH3 is 1. The number of aryl methyl sites for hydroxylation is 1. The molecule has 0 aliphatic carbocycles. The zero-order valence-corrected chi connectivity index (χ0v) is 17.6. The highest BCUT2D eigenvalue weighted by Gasteiger charge is 2.34. The maximum absolute atomic E-state index is 12.3. The zero-order chi connectivity index (χ0) is 22.1. The molecule has 0 fully saturated rings. The molecule has 1 aliphatic heterocycles. The number of para-hydroxylation sites is 1. The van der Waals surface area contributed by atoms with Gasteiger partial charge in [0.2, 0.25) is 18.0 Å². The molecule has 4 rings (SSSR count). The van der Waals surface area contributed by atoms with Crippen molar-refractivity contribution < 1.29 is 23.8 Å². The lowest BCUT2D eigenvalue weighted by Gasteiger charge is -2.20. The Kier molecular flexibility index (Phi) is 5.29. The van der Waals surface area contributed by atoms with Gasteiger partial charge in [-0.15, -0.1) is 5.10 Å². The van der Waals surface area contributed by atoms with E-state index in [1.54, 1.807) is 18.2 Å². The van der Waals surface area contributed by atoms with Gasteiger partial charge in [0.15, 0.2) is 11.5 Å². The Balaban J connectivity index is 1.75. The van der Waals surface area contributed by atoms with E-state index in [2.05, 4.69) is 10.1 Å². The maximum Gasteiger partial charge on any atom is 0.308 e. The third-order valence-electron chi connectivity index (χ3n) is 4.77. The number of fused-ring (bicyclic) bond motifs is 1. The Hall–Kier alpha value is -3.94. The summed E-state index contributed by atoms with van der Waals surface area (Å²) in [6.07, 6.45) is -0.792. The number of aromatic nitrogens is 1. The molecule has 2 heterocycles. The van der Waals surface area contributed by atoms with Gasteiger partial charge in [0.1, 0.15) is 0 Å². The SMILES string of the molecule is COc1cc([C@H]2OC(c3cc(C)nc4ccccc34)=NN2C(C)=O)ccc1OC(C)=O. The molecule has 158 valence electrons. The minimum atomic E-state index is -0.792. The van der Waals surface area contributed by atoms with Crippen LogP contribution < -0.4 is 9.47 Å². The molecule has 0 N–H and O–H groups in total. The minimum absolute atomic E-state index is 0.280. The van der Waals surface area contributed by atoms with E-state index in [1.165, 1.54) is 26.0 Å². The minimum Gasteiger partial charge on any atom is -0.493 e. The lowest BCUT2D eigenvalue weighted by atomic mass is 10.1. The number of carbonyl (C=O) groups is 2. The summed E-state index contributed by atoms with van der Waals surface area (Å²) < 4.78 is 16.7. The average molecular weight is 419 g/mol. The fourth-order valence-electron chi connectivity index (χ4n) is 3.45. The molecule has 0 saturated heterocycles. The van der Waals surface area contributed by atoms with Gasteiger partial charge in [0.05, 0.1) is 12.6 Å². The first-order valence-electron chi connectivity index (χ1n) is 9.65. The smallest absolute Gasteiger partial charge is 0.308 e. The third-order valence-corrected chi connectivity index (χ3v) is 4.77. The monoisotopic (exact) mass is 419 g/mol. The lowest BCUT2D eigenvalue weighted by Crippen LogP contribution is -2.25. The van der Waals surface area contributed by atoms with Crippen molar-refractivity contribution in [2.45, 2.75) is 27.0 Å². The molecule has 1 atom stereocenters. The average Bonchev–Trinajstić information content (AvgIpc) is 3.18. The summed E-state index contributed by atoms with van der Waals surface area (Å²) >= 11 is 0. The van der Waals surface area contributed by atoms with Gasteiger partial charge in [-0.2, -0.15) is 5.01 Å². The van der Waals surface area contributed by atoms with Crippen molar-refractivity contribution in [2.24, 2.45) is 5.10 Å². The molecule has 3 aromatic rings. The van der Waals surface area contributed by atoms with Crippen molar-refractivity contribution in [3.63, 3.8) is 0 Å². The molecule has 1 aliphatic rings. The van der Waals surface area contributed by atoms with Crippen LogP contribution in [0, 0.1) is 6.92 Å². The van der Waals surface area contributed by atoms with E-state index in [-0.39, 0.29) is 11.7 Å². The van der Waals surface area contributed by atoms with Crippen LogP contribution >= 0.6 is 0 Å². The molecule has 8 heteroatoms. The largest absolute Gasteiger partial charge is 0.493 e. The van der Waals surface area contributed by atoms with Crippen LogP contribution in [0.15, 0.2) is 53.6 Å². The fraction of sp³-hybridized carbons (Fsp3) is 0.217. The molecule has 0 radical (unpaired) electrons. The number of hydrogen-bond donors (Lipinski definition) is 0. The highest BCUT2D eigenvalue weighted by Crippen LogP contribution is 2.36. The number of esters is 1. The van der Waals surface area contributed by atoms with Crippen LogP contribution in [0.3, 0.4) is 0 Å². The zero-order valence-electron chi connectivity index (χ0n) is 17.6. The van der Waals surface area contributed by atoms with Crippen LogP contribution in [0.1, 0.15) is 36.9 Å². The molecule has 31 heavy (non-hydrogen) atoms. The van der Waals surface area contributed by atoms with Gasteiger partial charge in [0, 0.05) is 36.1 Å². The van der Waals surface area contributed by atoms with Crippen molar-refractivity contribution in [1.29, 1.82) is 0 Å². The molecule has 0 unspecified atom stereocenters. The van der Waals surface area contributed by atoms with Gasteiger partial charge in [-0.25, -0.2) is 0 Å². The summed E-state index contributed by atoms with van der Waals surface area (Å²) in [4.78, 5) is 28.2. The Bertz CT molecular complexity index is 1220. The van der Waals surface area contributed by atoms with Crippen LogP contribution in [-0.2, 0) is 14.3 Å². The van der Waals surface area contributed by atoms with E-state index in [0.717, 1.165) is 22.2 Å². The van der Waals surface area contributed by atoms with Gasteiger partial charge in [-0.1, -0.05) is 18.2 Å². The highest BCUT2D eigenvalue weighted by atomic mass is 16.6. The lowest BCUT2D eigenvalue weighted by molar-refractivity contribution is -0.135. The normalized spacial score (nSPS) is 15.4. The molecular weight excluding hydrogens is 398 g/mol. The first kappa shape index (κ1) is 20.3. The van der Waals surface area contributed by atoms with E-state index in [1.807, 2.05) is 37.3 Å². The Morgan fingerprint density at radius 1 is 1.06 bits per heavy atom. The number of hydrazone groups is 1. The standard InChI is InChI=1S/C23H21N3O5/c1-13-11-18(17-7-5-6-8-19(17)24-13)22-25-26(14(2)27)23(31-22)16-9-10-20(30-15(3)28)21(12-16)29-4/h5-12,23H,1-4H3/t23-/m1/s1. The van der Waals surface area contributed by atoms with Crippen LogP contribution in [0.4, 0.5) is 0 Å². The first-order valence-corrected chi connectivity index (χ1v) is 9.65. The summed E-state index contributed by atoms with van der Waals surface area (Å²) in [6, 6.07) is 14.5. The summed E-state index contributed by atoms with van der Waals surface area (Å²) in [7, 11) is 1.47. The summed E-state index contributed by atoms with van der Waals surface area (Å²) in [5.74, 6) is 0.212. The number of benzene rings is 2. The summed E-state index contributed by atoms with van der Waals surface area (Å²) in [5, 5.41) is 6.61. The molecule has 1 amide bonds. The Morgan fingerprint density at radius 2 is 1.84 bits per heavy atom. The first-order chi connectivity index (χ1) is 14.9. The number of pyridine rings is 1. The number of amides is 1. The fourth-order valence-corrected chi connectivity index (χ4v) is 3.45. The number of nitrogens with zero attached hydrogens (tertiary/aromatic N) is 3. The molecule has 0 bridgehead atoms. The van der Waals surface area contributed by atoms with Gasteiger partial charge in [-0.3, -0.25) is 14.6 Å². The predicted octanol–water partition coefficient (Wildman–Crippen LogP) is 3.72. The maximum atomic E-state index is 12.3. The second-order valence-corrected chi connectivity index (χ2v) is 7.07. The third kappa shape index (κ3) is 3.92. The van der Waals surface area contributed by atoms with E-state index in [9.17, 15) is 9.59 Å². The van der Waals surface area contributed by atoms with Gasteiger partial charge >= 0.3 is 5.97 Å². The van der Waals surface area contributed by atoms with Crippen molar-refractivity contribution in [2.75, 3.05) is 7.11 Å². The molecular formula is C23H21N3O5. The van der Waals surface area contributed by atoms with E-state index >= 15 is 0 Å². The predicted molar refractivity (Wildman–Crippen MR) is 114 cm³/mol. The van der Waals surface area contributed by atoms with Gasteiger partial charge in [0.25, 0.3) is 0 Å². The van der Waals surface area contributed by atoms with Gasteiger partial charge in [-0.05, 0) is 37.3 Å². The number of rotatable bonds is 4. The highest BCUT2D eigenvalue weighted by molar-refractivity contribution is 6.07. The van der Waals surface area contributed by atoms with E-state index in [0.29, 0.717) is 17.2 Å². The van der Waals surface area contributed by atoms with Crippen LogP contribution in [0.25, 0.3) is 10.9 Å². The van der Waals surface area contributed by atoms with E-state index < -0.39 is 12.2 Å². The second-order valence-electron chi connectivity index (χ2n) is 7.07. The van der Waals surface area contributed by atoms with Crippen LogP contribution in [0.2, 0.25) is 0 Å². The number of carbonyl (C=O) groups excluding carboxylic acids is 2. The topological polar surface area (TPSA) is 90.3 Å². The van der Waals surface area contributed by atoms with Crippen molar-refractivity contribution in [3.8, 4) is 11.5 Å². The van der Waals surface area contributed by atoms with Crippen molar-refractivity contribution >= 4 is 28.7 Å². The van der Waals surface area contributed by atoms with Crippen LogP contribution in [-0.4, -0.2) is 34.9 Å². The Morgan fingerprint density at radius 3 is 2.55 bits per heavy atom. The summed E-state index contributed by atoms with van der Waals surface area (Å²) in [6.45, 7) is 4.62. The molecule has 0 spiro atoms. The van der Waals surface area contributed by atoms with E-state index in [4.69, 9.17) is 14.2 Å². The quantitative estimate of drug-likeness (QED) is 0.473. The van der Waals surface area contributed by atoms with Crippen molar-refractivity contribution in [1.82, 2.24) is 9.99 Å². The van der Waals surface area contributed by atoms with Gasteiger partial charge < -0.3 is 14.2 Å². The van der Waals surface area contributed by atoms with Crippen molar-refractivity contribution in [3.05, 3.63) is 65.4 Å². The molecule has 8 nitrogen and oxygen atoms in total.